The number of imidazole rings is 1. The Morgan fingerprint density at radius 1 is 1.48 bits per heavy atom. The molecule has 0 spiro atoms. The molecule has 1 aromatic heterocycles. The van der Waals surface area contributed by atoms with Crippen LogP contribution >= 0.6 is 0 Å². The number of allylic oxidation sites excluding steroid dienone is 3. The molecule has 0 fully saturated rings. The average molecular weight is 314 g/mol. The number of anilines is 1. The number of hydrogen-bond donors (Lipinski definition) is 2. The van der Waals surface area contributed by atoms with Crippen LogP contribution < -0.4 is 10.4 Å². The maximum absolute atomic E-state index is 9.18. The number of fused-ring (bicyclic) bond motifs is 1. The van der Waals surface area contributed by atoms with Gasteiger partial charge in [0.25, 0.3) is 0 Å². The lowest BCUT2D eigenvalue weighted by molar-refractivity contribution is 0.167. The van der Waals surface area contributed by atoms with Gasteiger partial charge in [-0.25, -0.2) is 4.98 Å². The second kappa shape index (κ2) is 8.28. The van der Waals surface area contributed by atoms with Crippen LogP contribution in [0.15, 0.2) is 61.3 Å². The quantitative estimate of drug-likeness (QED) is 0.423. The predicted molar refractivity (Wildman–Crippen MR) is 92.4 cm³/mol. The number of methoxy groups -OCH3 is 1. The highest BCUT2D eigenvalue weighted by Crippen LogP contribution is 2.24. The highest BCUT2D eigenvalue weighted by molar-refractivity contribution is 5.79. The summed E-state index contributed by atoms with van der Waals surface area (Å²) in [4.78, 5) is 6.46. The summed E-state index contributed by atoms with van der Waals surface area (Å²) in [7, 11) is 1.66. The Balaban J connectivity index is 2.50. The first-order valence-electron chi connectivity index (χ1n) is 7.29. The van der Waals surface area contributed by atoms with Crippen molar-refractivity contribution < 1.29 is 9.94 Å². The standard InChI is InChI=1S/C17H22N4O2/c1-4-5-8-14(2)21(13-18-22)17-19-15-9-6-7-10-16(15)20(17)11-12-23-3/h4-10,18,22H,1-2,11-13H2,3H3/b8-5-. The number of rotatable bonds is 9. The van der Waals surface area contributed by atoms with Crippen LogP contribution in [0.5, 0.6) is 0 Å². The van der Waals surface area contributed by atoms with Crippen LogP contribution in [0.3, 0.4) is 0 Å². The summed E-state index contributed by atoms with van der Waals surface area (Å²) in [5, 5.41) is 9.18. The van der Waals surface area contributed by atoms with Gasteiger partial charge in [0.05, 0.1) is 24.3 Å². The molecular weight excluding hydrogens is 292 g/mol. The number of benzene rings is 1. The van der Waals surface area contributed by atoms with E-state index in [-0.39, 0.29) is 6.67 Å². The van der Waals surface area contributed by atoms with Gasteiger partial charge in [-0.3, -0.25) is 4.90 Å². The van der Waals surface area contributed by atoms with Crippen LogP contribution in [0.25, 0.3) is 11.0 Å². The fraction of sp³-hybridized carbons (Fsp3) is 0.235. The van der Waals surface area contributed by atoms with Crippen LogP contribution in [0.1, 0.15) is 0 Å². The molecule has 6 nitrogen and oxygen atoms in total. The molecule has 2 N–H and O–H groups in total. The lowest BCUT2D eigenvalue weighted by Crippen LogP contribution is -2.33. The number of nitrogens with zero attached hydrogens (tertiary/aromatic N) is 3. The van der Waals surface area contributed by atoms with Crippen molar-refractivity contribution in [3.8, 4) is 0 Å². The van der Waals surface area contributed by atoms with Crippen molar-refractivity contribution in [3.05, 3.63) is 61.3 Å². The van der Waals surface area contributed by atoms with Crippen LogP contribution in [0.2, 0.25) is 0 Å². The van der Waals surface area contributed by atoms with Gasteiger partial charge in [-0.05, 0) is 18.2 Å². The van der Waals surface area contributed by atoms with E-state index < -0.39 is 0 Å². The Hall–Kier alpha value is -2.41. The van der Waals surface area contributed by atoms with Gasteiger partial charge in [0.15, 0.2) is 0 Å². The average Bonchev–Trinajstić information content (AvgIpc) is 2.93. The molecule has 6 heteroatoms. The predicted octanol–water partition coefficient (Wildman–Crippen LogP) is 2.68. The lowest BCUT2D eigenvalue weighted by atomic mass is 10.3. The molecule has 0 saturated heterocycles. The molecule has 1 heterocycles. The summed E-state index contributed by atoms with van der Waals surface area (Å²) in [5.41, 5.74) is 4.73. The number of para-hydroxylation sites is 2. The van der Waals surface area contributed by atoms with Gasteiger partial charge < -0.3 is 14.5 Å². The smallest absolute Gasteiger partial charge is 0.212 e. The lowest BCUT2D eigenvalue weighted by Gasteiger charge is -2.24. The van der Waals surface area contributed by atoms with Gasteiger partial charge in [-0.2, -0.15) is 5.48 Å². The van der Waals surface area contributed by atoms with Crippen LogP contribution in [0.4, 0.5) is 5.95 Å². The van der Waals surface area contributed by atoms with E-state index in [0.29, 0.717) is 24.8 Å². The Labute approximate surface area is 136 Å². The molecule has 0 atom stereocenters. The number of hydroxylamine groups is 1. The Bertz CT molecular complexity index is 706. The van der Waals surface area contributed by atoms with E-state index in [1.54, 1.807) is 24.2 Å². The number of nitrogens with one attached hydrogen (secondary N) is 1. The monoisotopic (exact) mass is 314 g/mol. The molecule has 0 unspecified atom stereocenters. The van der Waals surface area contributed by atoms with Gasteiger partial charge in [0.2, 0.25) is 5.95 Å². The zero-order chi connectivity index (χ0) is 16.7. The molecule has 2 rings (SSSR count). The normalized spacial score (nSPS) is 11.2. The third-order valence-corrected chi connectivity index (χ3v) is 3.40. The molecule has 0 amide bonds. The summed E-state index contributed by atoms with van der Waals surface area (Å²) >= 11 is 0. The van der Waals surface area contributed by atoms with Crippen molar-refractivity contribution in [1.29, 1.82) is 0 Å². The van der Waals surface area contributed by atoms with Crippen molar-refractivity contribution in [3.63, 3.8) is 0 Å². The third-order valence-electron chi connectivity index (χ3n) is 3.40. The molecule has 0 aliphatic carbocycles. The van der Waals surface area contributed by atoms with E-state index in [2.05, 4.69) is 23.6 Å². The topological polar surface area (TPSA) is 62.5 Å². The minimum absolute atomic E-state index is 0.163. The Morgan fingerprint density at radius 2 is 2.26 bits per heavy atom. The first kappa shape index (κ1) is 17.0. The first-order valence-corrected chi connectivity index (χ1v) is 7.29. The summed E-state index contributed by atoms with van der Waals surface area (Å²) in [6.07, 6.45) is 5.27. The number of aromatic nitrogens is 2. The molecule has 23 heavy (non-hydrogen) atoms. The Kier molecular flexibility index (Phi) is 6.10. The summed E-state index contributed by atoms with van der Waals surface area (Å²) in [5.74, 6) is 0.684. The largest absolute Gasteiger partial charge is 0.383 e. The second-order valence-electron chi connectivity index (χ2n) is 4.88. The van der Waals surface area contributed by atoms with Crippen molar-refractivity contribution in [1.82, 2.24) is 15.0 Å². The zero-order valence-electron chi connectivity index (χ0n) is 13.3. The maximum Gasteiger partial charge on any atom is 0.212 e. The first-order chi connectivity index (χ1) is 11.2. The van der Waals surface area contributed by atoms with Crippen LogP contribution in [-0.2, 0) is 11.3 Å². The van der Waals surface area contributed by atoms with Crippen molar-refractivity contribution in [2.45, 2.75) is 6.54 Å². The van der Waals surface area contributed by atoms with Gasteiger partial charge in [0, 0.05) is 19.4 Å². The molecule has 1 aromatic carbocycles. The van der Waals surface area contributed by atoms with Gasteiger partial charge in [0.1, 0.15) is 0 Å². The van der Waals surface area contributed by atoms with E-state index in [1.807, 2.05) is 34.9 Å². The fourth-order valence-corrected chi connectivity index (χ4v) is 2.31. The molecule has 2 aromatic rings. The molecule has 0 radical (unpaired) electrons. The number of hydrogen-bond acceptors (Lipinski definition) is 5. The van der Waals surface area contributed by atoms with E-state index in [9.17, 15) is 5.21 Å². The SMILES string of the molecule is C=C/C=C\C(=C)N(CNO)c1nc2ccccc2n1CCOC. The fourth-order valence-electron chi connectivity index (χ4n) is 2.31. The molecule has 0 saturated carbocycles. The van der Waals surface area contributed by atoms with Crippen LogP contribution in [-0.4, -0.2) is 35.1 Å². The summed E-state index contributed by atoms with van der Waals surface area (Å²) < 4.78 is 7.25. The molecule has 0 aliphatic rings. The minimum atomic E-state index is 0.163. The molecule has 0 bridgehead atoms. The van der Waals surface area contributed by atoms with E-state index >= 15 is 0 Å². The highest BCUT2D eigenvalue weighted by Gasteiger charge is 2.18. The zero-order valence-corrected chi connectivity index (χ0v) is 13.3. The number of ether oxygens (including phenoxy) is 1. The van der Waals surface area contributed by atoms with Gasteiger partial charge in [-0.1, -0.05) is 37.4 Å². The van der Waals surface area contributed by atoms with Gasteiger partial charge >= 0.3 is 0 Å². The van der Waals surface area contributed by atoms with E-state index in [0.717, 1.165) is 11.0 Å². The van der Waals surface area contributed by atoms with E-state index in [1.165, 1.54) is 0 Å². The van der Waals surface area contributed by atoms with Crippen molar-refractivity contribution in [2.24, 2.45) is 0 Å². The minimum Gasteiger partial charge on any atom is -0.383 e. The maximum atomic E-state index is 9.18. The molecular formula is C17H22N4O2. The Morgan fingerprint density at radius 3 is 2.96 bits per heavy atom. The summed E-state index contributed by atoms with van der Waals surface area (Å²) in [6, 6.07) is 7.88. The third kappa shape index (κ3) is 3.87. The van der Waals surface area contributed by atoms with Crippen molar-refractivity contribution in [2.75, 3.05) is 25.3 Å². The van der Waals surface area contributed by atoms with Crippen LogP contribution in [0, 0.1) is 0 Å². The van der Waals surface area contributed by atoms with E-state index in [4.69, 9.17) is 4.74 Å². The highest BCUT2D eigenvalue weighted by atomic mass is 16.5. The van der Waals surface area contributed by atoms with Crippen molar-refractivity contribution >= 4 is 17.0 Å². The molecule has 122 valence electrons. The summed E-state index contributed by atoms with van der Waals surface area (Å²) in [6.45, 7) is 9.06. The van der Waals surface area contributed by atoms with Gasteiger partial charge in [-0.15, -0.1) is 0 Å². The second-order valence-corrected chi connectivity index (χ2v) is 4.88. The molecule has 0 aliphatic heterocycles.